The molecule has 1 aromatic carbocycles. The monoisotopic (exact) mass is 318 g/mol. The molecule has 0 saturated carbocycles. The summed E-state index contributed by atoms with van der Waals surface area (Å²) in [5, 5.41) is 6.31. The van der Waals surface area contributed by atoms with Gasteiger partial charge in [0.15, 0.2) is 0 Å². The van der Waals surface area contributed by atoms with Crippen LogP contribution in [-0.4, -0.2) is 16.3 Å². The van der Waals surface area contributed by atoms with E-state index in [4.69, 9.17) is 4.52 Å². The zero-order valence-electron chi connectivity index (χ0n) is 13.9. The van der Waals surface area contributed by atoms with E-state index in [1.165, 1.54) is 27.1 Å². The van der Waals surface area contributed by atoms with Gasteiger partial charge < -0.3 is 4.52 Å². The minimum absolute atomic E-state index is 0.0842. The van der Waals surface area contributed by atoms with Crippen LogP contribution in [0.25, 0.3) is 0 Å². The first kappa shape index (κ1) is 16.6. The molecule has 0 radical (unpaired) electrons. The summed E-state index contributed by atoms with van der Waals surface area (Å²) in [4.78, 5) is 13.5. The van der Waals surface area contributed by atoms with Crippen molar-refractivity contribution in [2.45, 2.75) is 51.7 Å². The van der Waals surface area contributed by atoms with Crippen molar-refractivity contribution in [2.75, 3.05) is 5.32 Å². The smallest absolute Gasteiger partial charge is 0.239 e. The van der Waals surface area contributed by atoms with Gasteiger partial charge in [0.25, 0.3) is 0 Å². The Morgan fingerprint density at radius 1 is 1.14 bits per heavy atom. The molecule has 1 aromatic heterocycles. The third kappa shape index (κ3) is 3.53. The van der Waals surface area contributed by atoms with E-state index in [9.17, 15) is 4.79 Å². The topological polar surface area (TPSA) is 55.1 Å². The van der Waals surface area contributed by atoms with Crippen LogP contribution in [0.4, 0.5) is 5.88 Å². The van der Waals surface area contributed by atoms with Crippen molar-refractivity contribution in [3.8, 4) is 0 Å². The van der Waals surface area contributed by atoms with Crippen molar-refractivity contribution in [3.63, 3.8) is 0 Å². The van der Waals surface area contributed by atoms with Crippen molar-refractivity contribution in [2.24, 2.45) is 0 Å². The first-order valence-electron chi connectivity index (χ1n) is 7.27. The Morgan fingerprint density at radius 3 is 2.23 bits per heavy atom. The molecule has 22 heavy (non-hydrogen) atoms. The van der Waals surface area contributed by atoms with Gasteiger partial charge in [0.1, 0.15) is 0 Å². The number of anilines is 1. The molecule has 0 aliphatic carbocycles. The second-order valence-electron chi connectivity index (χ2n) is 5.67. The highest BCUT2D eigenvalue weighted by Crippen LogP contribution is 2.33. The minimum atomic E-state index is -0.219. The molecule has 118 valence electrons. The van der Waals surface area contributed by atoms with Gasteiger partial charge >= 0.3 is 0 Å². The van der Waals surface area contributed by atoms with Gasteiger partial charge in [-0.25, -0.2) is 0 Å². The Bertz CT molecular complexity index is 681. The highest BCUT2D eigenvalue weighted by Gasteiger charge is 2.19. The van der Waals surface area contributed by atoms with E-state index in [-0.39, 0.29) is 11.2 Å². The van der Waals surface area contributed by atoms with Gasteiger partial charge in [0.2, 0.25) is 11.8 Å². The summed E-state index contributed by atoms with van der Waals surface area (Å²) < 4.78 is 5.03. The summed E-state index contributed by atoms with van der Waals surface area (Å²) in [6.07, 6.45) is 0. The molecule has 0 aliphatic rings. The summed E-state index contributed by atoms with van der Waals surface area (Å²) in [5.41, 5.74) is 5.73. The summed E-state index contributed by atoms with van der Waals surface area (Å²) in [7, 11) is 0. The molecule has 5 heteroatoms. The van der Waals surface area contributed by atoms with Crippen molar-refractivity contribution >= 4 is 23.6 Å². The number of amides is 1. The Balaban J connectivity index is 2.15. The molecule has 1 heterocycles. The quantitative estimate of drug-likeness (QED) is 0.852. The molecular formula is C17H22N2O2S. The number of nitrogens with one attached hydrogen (secondary N) is 1. The molecule has 1 atom stereocenters. The molecule has 0 saturated heterocycles. The van der Waals surface area contributed by atoms with Crippen LogP contribution in [0.5, 0.6) is 0 Å². The van der Waals surface area contributed by atoms with Gasteiger partial charge in [-0.05, 0) is 63.8 Å². The standard InChI is InChI=1S/C17H22N2O2S/c1-9-7-10(2)13(5)16(12(9)4)22-14(6)17(20)18-15-8-11(3)19-21-15/h7-8,14H,1-6H3,(H,18,20)/t14-/m0/s1. The summed E-state index contributed by atoms with van der Waals surface area (Å²) in [5.74, 6) is 0.308. The van der Waals surface area contributed by atoms with Gasteiger partial charge in [-0.2, -0.15) is 0 Å². The van der Waals surface area contributed by atoms with Crippen LogP contribution in [0.2, 0.25) is 0 Å². The van der Waals surface area contributed by atoms with E-state index in [2.05, 4.69) is 44.2 Å². The van der Waals surface area contributed by atoms with Crippen molar-refractivity contribution < 1.29 is 9.32 Å². The number of aromatic nitrogens is 1. The van der Waals surface area contributed by atoms with Gasteiger partial charge in [0, 0.05) is 11.0 Å². The first-order valence-corrected chi connectivity index (χ1v) is 8.15. The van der Waals surface area contributed by atoms with E-state index in [0.29, 0.717) is 5.88 Å². The largest absolute Gasteiger partial charge is 0.338 e. The molecule has 1 N–H and O–H groups in total. The fourth-order valence-corrected chi connectivity index (χ4v) is 3.43. The third-order valence-corrected chi connectivity index (χ3v) is 5.25. The summed E-state index contributed by atoms with van der Waals surface area (Å²) in [6.45, 7) is 12.1. The summed E-state index contributed by atoms with van der Waals surface area (Å²) >= 11 is 1.59. The SMILES string of the molecule is Cc1cc(NC(=O)[C@H](C)Sc2c(C)c(C)cc(C)c2C)on1. The van der Waals surface area contributed by atoms with E-state index in [1.54, 1.807) is 17.8 Å². The van der Waals surface area contributed by atoms with E-state index in [1.807, 2.05) is 13.8 Å². The summed E-state index contributed by atoms with van der Waals surface area (Å²) in [6, 6.07) is 3.90. The van der Waals surface area contributed by atoms with Crippen LogP contribution in [0.15, 0.2) is 21.6 Å². The molecule has 0 aliphatic heterocycles. The van der Waals surface area contributed by atoms with Gasteiger partial charge in [-0.3, -0.25) is 10.1 Å². The maximum atomic E-state index is 12.3. The minimum Gasteiger partial charge on any atom is -0.338 e. The normalized spacial score (nSPS) is 12.3. The lowest BCUT2D eigenvalue weighted by atomic mass is 10.0. The number of nitrogens with zero attached hydrogens (tertiary/aromatic N) is 1. The number of carbonyl (C=O) groups excluding carboxylic acids is 1. The Morgan fingerprint density at radius 2 is 1.73 bits per heavy atom. The average molecular weight is 318 g/mol. The number of benzene rings is 1. The average Bonchev–Trinajstić information content (AvgIpc) is 2.86. The van der Waals surface area contributed by atoms with Crippen LogP contribution in [0.1, 0.15) is 34.9 Å². The number of aryl methyl sites for hydroxylation is 3. The second-order valence-corrected chi connectivity index (χ2v) is 7.02. The highest BCUT2D eigenvalue weighted by molar-refractivity contribution is 8.00. The molecular weight excluding hydrogens is 296 g/mol. The Labute approximate surface area is 135 Å². The van der Waals surface area contributed by atoms with Crippen molar-refractivity contribution in [1.82, 2.24) is 5.16 Å². The molecule has 0 fully saturated rings. The highest BCUT2D eigenvalue weighted by atomic mass is 32.2. The van der Waals surface area contributed by atoms with Crippen LogP contribution in [-0.2, 0) is 4.79 Å². The Kier molecular flexibility index (Phi) is 4.96. The fourth-order valence-electron chi connectivity index (χ4n) is 2.23. The second kappa shape index (κ2) is 6.57. The molecule has 2 aromatic rings. The van der Waals surface area contributed by atoms with E-state index in [0.717, 1.165) is 5.69 Å². The molecule has 2 rings (SSSR count). The molecule has 0 spiro atoms. The maximum Gasteiger partial charge on any atom is 0.239 e. The third-order valence-electron chi connectivity index (χ3n) is 3.84. The zero-order valence-corrected chi connectivity index (χ0v) is 14.7. The Hall–Kier alpha value is -1.75. The predicted molar refractivity (Wildman–Crippen MR) is 90.6 cm³/mol. The molecule has 0 unspecified atom stereocenters. The maximum absolute atomic E-state index is 12.3. The van der Waals surface area contributed by atoms with Gasteiger partial charge in [0.05, 0.1) is 10.9 Å². The van der Waals surface area contributed by atoms with Gasteiger partial charge in [-0.1, -0.05) is 11.2 Å². The first-order chi connectivity index (χ1) is 10.3. The lowest BCUT2D eigenvalue weighted by molar-refractivity contribution is -0.115. The predicted octanol–water partition coefficient (Wildman–Crippen LogP) is 4.34. The van der Waals surface area contributed by atoms with Crippen LogP contribution >= 0.6 is 11.8 Å². The van der Waals surface area contributed by atoms with Crippen LogP contribution < -0.4 is 5.32 Å². The zero-order chi connectivity index (χ0) is 16.4. The molecule has 1 amide bonds. The molecule has 4 nitrogen and oxygen atoms in total. The fraction of sp³-hybridized carbons (Fsp3) is 0.412. The van der Waals surface area contributed by atoms with Crippen molar-refractivity contribution in [1.29, 1.82) is 0 Å². The number of thioether (sulfide) groups is 1. The van der Waals surface area contributed by atoms with Crippen molar-refractivity contribution in [3.05, 3.63) is 40.1 Å². The number of hydrogen-bond donors (Lipinski definition) is 1. The van der Waals surface area contributed by atoms with Crippen LogP contribution in [0, 0.1) is 34.6 Å². The number of carbonyl (C=O) groups is 1. The lowest BCUT2D eigenvalue weighted by Gasteiger charge is -2.17. The van der Waals surface area contributed by atoms with E-state index < -0.39 is 0 Å². The number of hydrogen-bond acceptors (Lipinski definition) is 4. The molecule has 0 bridgehead atoms. The van der Waals surface area contributed by atoms with Crippen LogP contribution in [0.3, 0.4) is 0 Å². The number of rotatable bonds is 4. The lowest BCUT2D eigenvalue weighted by Crippen LogP contribution is -2.22. The van der Waals surface area contributed by atoms with E-state index >= 15 is 0 Å². The van der Waals surface area contributed by atoms with Gasteiger partial charge in [-0.15, -0.1) is 11.8 Å².